The molecule has 4 rings (SSSR count). The summed E-state index contributed by atoms with van der Waals surface area (Å²) in [5.74, 6) is -1.48. The summed E-state index contributed by atoms with van der Waals surface area (Å²) in [5, 5.41) is 16.5. The number of imide groups is 1. The first-order valence-corrected chi connectivity index (χ1v) is 11.7. The molecule has 0 saturated carbocycles. The minimum atomic E-state index is -1.31. The molecular formula is C25H26N4O7. The predicted octanol–water partition coefficient (Wildman–Crippen LogP) is 2.82. The molecule has 0 spiro atoms. The van der Waals surface area contributed by atoms with Crippen LogP contribution in [0.15, 0.2) is 48.5 Å². The number of amides is 4. The number of nitro groups is 1. The molecule has 0 aromatic heterocycles. The smallest absolute Gasteiger partial charge is 0.407 e. The number of nitrogens with one attached hydrogen (secondary N) is 2. The minimum absolute atomic E-state index is 0.0536. The van der Waals surface area contributed by atoms with Crippen LogP contribution in [0.1, 0.15) is 53.6 Å². The lowest BCUT2D eigenvalue weighted by Gasteiger charge is -2.42. The van der Waals surface area contributed by atoms with Crippen molar-refractivity contribution in [2.24, 2.45) is 0 Å². The van der Waals surface area contributed by atoms with Crippen molar-refractivity contribution in [1.82, 2.24) is 15.5 Å². The number of carbonyl (C=O) groups excluding carboxylic acids is 4. The van der Waals surface area contributed by atoms with Crippen molar-refractivity contribution >= 4 is 29.5 Å². The highest BCUT2D eigenvalue weighted by molar-refractivity contribution is 6.08. The van der Waals surface area contributed by atoms with Crippen LogP contribution >= 0.6 is 0 Å². The number of piperidine rings is 1. The number of ether oxygens (including phenoxy) is 1. The van der Waals surface area contributed by atoms with E-state index in [-0.39, 0.29) is 49.2 Å². The Morgan fingerprint density at radius 3 is 2.61 bits per heavy atom. The van der Waals surface area contributed by atoms with Crippen molar-refractivity contribution in [2.75, 3.05) is 6.54 Å². The molecule has 36 heavy (non-hydrogen) atoms. The Morgan fingerprint density at radius 1 is 1.11 bits per heavy atom. The Labute approximate surface area is 206 Å². The van der Waals surface area contributed by atoms with Crippen LogP contribution < -0.4 is 10.6 Å². The summed E-state index contributed by atoms with van der Waals surface area (Å²) in [4.78, 5) is 62.4. The molecule has 0 radical (unpaired) electrons. The van der Waals surface area contributed by atoms with Gasteiger partial charge in [-0.05, 0) is 37.3 Å². The number of hydrogen-bond donors (Lipinski definition) is 2. The van der Waals surface area contributed by atoms with Crippen LogP contribution in [0.3, 0.4) is 0 Å². The van der Waals surface area contributed by atoms with Gasteiger partial charge in [-0.3, -0.25) is 29.8 Å². The van der Waals surface area contributed by atoms with Crippen molar-refractivity contribution in [1.29, 1.82) is 0 Å². The number of benzene rings is 2. The quantitative estimate of drug-likeness (QED) is 0.236. The van der Waals surface area contributed by atoms with Crippen LogP contribution in [-0.4, -0.2) is 45.7 Å². The maximum atomic E-state index is 13.2. The molecule has 2 aromatic rings. The molecule has 1 atom stereocenters. The van der Waals surface area contributed by atoms with E-state index in [0.717, 1.165) is 5.56 Å². The molecule has 1 unspecified atom stereocenters. The van der Waals surface area contributed by atoms with Gasteiger partial charge in [0.2, 0.25) is 5.91 Å². The Kier molecular flexibility index (Phi) is 7.28. The second-order valence-corrected chi connectivity index (χ2v) is 8.81. The largest absolute Gasteiger partial charge is 0.445 e. The fraction of sp³-hybridized carbons (Fsp3) is 0.360. The van der Waals surface area contributed by atoms with E-state index in [0.29, 0.717) is 19.4 Å². The fourth-order valence-corrected chi connectivity index (χ4v) is 4.71. The zero-order chi connectivity index (χ0) is 25.7. The lowest BCUT2D eigenvalue weighted by molar-refractivity contribution is -0.385. The minimum Gasteiger partial charge on any atom is -0.445 e. The summed E-state index contributed by atoms with van der Waals surface area (Å²) in [7, 11) is 0. The van der Waals surface area contributed by atoms with Crippen LogP contribution in [0.5, 0.6) is 0 Å². The summed E-state index contributed by atoms with van der Waals surface area (Å²) in [6.07, 6.45) is 0.810. The third-order valence-electron chi connectivity index (χ3n) is 6.60. The summed E-state index contributed by atoms with van der Waals surface area (Å²) >= 11 is 0. The maximum Gasteiger partial charge on any atom is 0.407 e. The van der Waals surface area contributed by atoms with Crippen molar-refractivity contribution in [3.63, 3.8) is 0 Å². The predicted molar refractivity (Wildman–Crippen MR) is 127 cm³/mol. The number of carbonyl (C=O) groups is 4. The summed E-state index contributed by atoms with van der Waals surface area (Å²) in [6.45, 7) is 0.356. The van der Waals surface area contributed by atoms with Gasteiger partial charge >= 0.3 is 6.09 Å². The Bertz CT molecular complexity index is 1200. The first-order valence-electron chi connectivity index (χ1n) is 11.7. The normalized spacial score (nSPS) is 19.0. The number of unbranched alkanes of at least 4 members (excludes halogenated alkanes) is 1. The van der Waals surface area contributed by atoms with Crippen LogP contribution in [-0.2, 0) is 27.5 Å². The number of fused-ring (bicyclic) bond motifs is 1. The van der Waals surface area contributed by atoms with Gasteiger partial charge in [0.05, 0.1) is 22.6 Å². The lowest BCUT2D eigenvalue weighted by atomic mass is 9.82. The number of alkyl carbamates (subject to hydrolysis) is 1. The van der Waals surface area contributed by atoms with E-state index in [1.807, 2.05) is 30.3 Å². The van der Waals surface area contributed by atoms with Gasteiger partial charge in [0.15, 0.2) is 0 Å². The van der Waals surface area contributed by atoms with Gasteiger partial charge in [0.1, 0.15) is 12.1 Å². The molecule has 188 valence electrons. The summed E-state index contributed by atoms with van der Waals surface area (Å²) in [6, 6.07) is 13.5. The van der Waals surface area contributed by atoms with Crippen LogP contribution in [0.2, 0.25) is 0 Å². The van der Waals surface area contributed by atoms with Gasteiger partial charge in [0.25, 0.3) is 17.5 Å². The zero-order valence-corrected chi connectivity index (χ0v) is 19.5. The highest BCUT2D eigenvalue weighted by Gasteiger charge is 2.52. The fourth-order valence-electron chi connectivity index (χ4n) is 4.71. The molecule has 1 fully saturated rings. The first kappa shape index (κ1) is 24.8. The van der Waals surface area contributed by atoms with Crippen LogP contribution in [0, 0.1) is 10.1 Å². The van der Waals surface area contributed by atoms with Crippen molar-refractivity contribution < 1.29 is 28.8 Å². The van der Waals surface area contributed by atoms with Crippen LogP contribution in [0.25, 0.3) is 0 Å². The molecule has 0 bridgehead atoms. The Hall–Kier alpha value is -4.28. The van der Waals surface area contributed by atoms with Crippen LogP contribution in [0.4, 0.5) is 10.5 Å². The maximum absolute atomic E-state index is 13.2. The number of rotatable bonds is 9. The lowest BCUT2D eigenvalue weighted by Crippen LogP contribution is -2.63. The van der Waals surface area contributed by atoms with E-state index in [9.17, 15) is 29.3 Å². The second-order valence-electron chi connectivity index (χ2n) is 8.81. The second kappa shape index (κ2) is 10.5. The van der Waals surface area contributed by atoms with Crippen molar-refractivity contribution in [3.05, 3.63) is 75.3 Å². The average Bonchev–Trinajstić information content (AvgIpc) is 3.21. The topological polar surface area (TPSA) is 148 Å². The first-order chi connectivity index (χ1) is 17.3. The molecule has 2 heterocycles. The zero-order valence-electron chi connectivity index (χ0n) is 19.5. The van der Waals surface area contributed by atoms with Crippen molar-refractivity contribution in [2.45, 2.75) is 50.8 Å². The number of nitro benzene ring substituents is 1. The van der Waals surface area contributed by atoms with E-state index in [4.69, 9.17) is 4.74 Å². The highest BCUT2D eigenvalue weighted by atomic mass is 16.6. The molecule has 11 heteroatoms. The molecule has 2 aliphatic heterocycles. The molecule has 0 aliphatic carbocycles. The number of nitrogens with zero attached hydrogens (tertiary/aromatic N) is 2. The molecular weight excluding hydrogens is 468 g/mol. The molecule has 4 amide bonds. The highest BCUT2D eigenvalue weighted by Crippen LogP contribution is 2.40. The van der Waals surface area contributed by atoms with E-state index in [1.165, 1.54) is 23.1 Å². The average molecular weight is 495 g/mol. The number of hydrogen-bond acceptors (Lipinski definition) is 7. The van der Waals surface area contributed by atoms with E-state index in [2.05, 4.69) is 10.6 Å². The van der Waals surface area contributed by atoms with Gasteiger partial charge in [-0.25, -0.2) is 4.79 Å². The monoisotopic (exact) mass is 494 g/mol. The summed E-state index contributed by atoms with van der Waals surface area (Å²) < 4.78 is 5.18. The van der Waals surface area contributed by atoms with Gasteiger partial charge in [0, 0.05) is 19.0 Å². The van der Waals surface area contributed by atoms with Gasteiger partial charge in [-0.1, -0.05) is 36.4 Å². The van der Waals surface area contributed by atoms with E-state index >= 15 is 0 Å². The third-order valence-corrected chi connectivity index (χ3v) is 6.60. The van der Waals surface area contributed by atoms with Gasteiger partial charge < -0.3 is 15.0 Å². The van der Waals surface area contributed by atoms with E-state index in [1.54, 1.807) is 0 Å². The Balaban J connectivity index is 1.38. The van der Waals surface area contributed by atoms with Gasteiger partial charge in [-0.2, -0.15) is 0 Å². The third kappa shape index (κ3) is 5.04. The standard InChI is InChI=1S/C25H26N4O7/c30-21-11-13-25(23(32)27-21,28-15-19-18(22(28)31)9-6-10-20(19)29(34)35)12-4-5-14-26-24(33)36-16-17-7-2-1-3-8-17/h1-3,6-10H,4-5,11-16H2,(H,26,33)(H,27,30,32). The van der Waals surface area contributed by atoms with E-state index < -0.39 is 34.3 Å². The SMILES string of the molecule is O=C1CCC(CCCCNC(=O)OCc2ccccc2)(N2Cc3c(cccc3[N+](=O)[O-])C2=O)C(=O)N1. The molecule has 2 aromatic carbocycles. The van der Waals surface area contributed by atoms with Gasteiger partial charge in [-0.15, -0.1) is 0 Å². The molecule has 2 N–H and O–H groups in total. The molecule has 1 saturated heterocycles. The Morgan fingerprint density at radius 2 is 1.89 bits per heavy atom. The van der Waals surface area contributed by atoms with Crippen molar-refractivity contribution in [3.8, 4) is 0 Å². The molecule has 2 aliphatic rings. The summed E-state index contributed by atoms with van der Waals surface area (Å²) in [5.41, 5.74) is -0.172. The molecule has 11 nitrogen and oxygen atoms in total.